The van der Waals surface area contributed by atoms with Crippen molar-refractivity contribution < 1.29 is 50.9 Å². The van der Waals surface area contributed by atoms with Gasteiger partial charge in [-0.3, -0.25) is 14.4 Å². The number of carboxylic acids is 2. The minimum absolute atomic E-state index is 0.131. The van der Waals surface area contributed by atoms with Crippen LogP contribution in [0.4, 0.5) is 26.3 Å². The molecule has 1 aliphatic rings. The van der Waals surface area contributed by atoms with Crippen molar-refractivity contribution in [1.82, 2.24) is 29.1 Å². The van der Waals surface area contributed by atoms with Crippen molar-refractivity contribution in [3.8, 4) is 0 Å². The summed E-state index contributed by atoms with van der Waals surface area (Å²) >= 11 is 0. The number of hydrogen-bond donors (Lipinski definition) is 2. The number of alkyl halides is 6. The lowest BCUT2D eigenvalue weighted by atomic mass is 10.3. The molecule has 196 valence electrons. The van der Waals surface area contributed by atoms with Crippen LogP contribution in [-0.4, -0.2) is 96.7 Å². The molecule has 2 aromatic rings. The second-order valence-electron chi connectivity index (χ2n) is 7.15. The lowest BCUT2D eigenvalue weighted by molar-refractivity contribution is -0.193. The van der Waals surface area contributed by atoms with Crippen LogP contribution in [0.15, 0.2) is 24.7 Å². The Labute approximate surface area is 194 Å². The van der Waals surface area contributed by atoms with Crippen LogP contribution in [0.5, 0.6) is 0 Å². The first kappa shape index (κ1) is 29.4. The van der Waals surface area contributed by atoms with Crippen molar-refractivity contribution in [1.29, 1.82) is 0 Å². The van der Waals surface area contributed by atoms with Crippen molar-refractivity contribution in [2.75, 3.05) is 27.2 Å². The van der Waals surface area contributed by atoms with E-state index in [9.17, 15) is 31.1 Å². The number of hydrogen-bond acceptors (Lipinski definition) is 6. The topological polar surface area (TPSA) is 134 Å². The van der Waals surface area contributed by atoms with Crippen LogP contribution in [0.25, 0.3) is 0 Å². The van der Waals surface area contributed by atoms with Gasteiger partial charge in [0, 0.05) is 45.8 Å². The van der Waals surface area contributed by atoms with E-state index in [1.807, 2.05) is 16.9 Å². The molecule has 0 aliphatic carbocycles. The zero-order valence-corrected chi connectivity index (χ0v) is 18.4. The first-order chi connectivity index (χ1) is 16.0. The molecular weight excluding hydrogens is 494 g/mol. The molecule has 0 aromatic carbocycles. The molecule has 3 rings (SSSR count). The Morgan fingerprint density at radius 2 is 1.57 bits per heavy atom. The fraction of sp³-hybridized carbons (Fsp3) is 0.500. The Balaban J connectivity index is 0.000000362. The molecule has 1 aliphatic heterocycles. The van der Waals surface area contributed by atoms with Gasteiger partial charge in [0.1, 0.15) is 5.82 Å². The van der Waals surface area contributed by atoms with Gasteiger partial charge in [0.05, 0.1) is 25.3 Å². The number of carbonyl (C=O) groups excluding carboxylic acids is 1. The van der Waals surface area contributed by atoms with Crippen LogP contribution in [-0.2, 0) is 34.0 Å². The minimum atomic E-state index is -5.08. The summed E-state index contributed by atoms with van der Waals surface area (Å²) in [5.41, 5.74) is 1.01. The summed E-state index contributed by atoms with van der Waals surface area (Å²) in [5.74, 6) is -4.36. The van der Waals surface area contributed by atoms with Gasteiger partial charge in [0.25, 0.3) is 0 Å². The lowest BCUT2D eigenvalue weighted by Gasteiger charge is -2.27. The smallest absolute Gasteiger partial charge is 0.475 e. The number of halogens is 6. The quantitative estimate of drug-likeness (QED) is 0.581. The number of carboxylic acid groups (broad SMARTS) is 2. The zero-order valence-electron chi connectivity index (χ0n) is 18.4. The Morgan fingerprint density at radius 3 is 2.00 bits per heavy atom. The fourth-order valence-electron chi connectivity index (χ4n) is 2.47. The SMILES string of the molecule is CN(C)C(=O)CN1CCn2cc(Cn3cccn3)nc2C1.O=C(O)C(F)(F)F.O=C(O)C(F)(F)F. The number of amides is 1. The van der Waals surface area contributed by atoms with Crippen LogP contribution < -0.4 is 0 Å². The number of imidazole rings is 1. The third-order valence-electron chi connectivity index (χ3n) is 4.16. The minimum Gasteiger partial charge on any atom is -0.475 e. The standard InChI is InChI=1S/C14H20N6O.2C2HF3O2/c1-17(2)14(21)11-18-6-7-19-8-12(16-13(19)10-18)9-20-5-3-4-15-20;2*3-2(4,5)1(6)7/h3-5,8H,6-7,9-11H2,1-2H3;2*(H,6,7). The van der Waals surface area contributed by atoms with Crippen LogP contribution in [0.1, 0.15) is 11.5 Å². The van der Waals surface area contributed by atoms with E-state index >= 15 is 0 Å². The van der Waals surface area contributed by atoms with Crippen LogP contribution in [0, 0.1) is 0 Å². The molecule has 3 heterocycles. The van der Waals surface area contributed by atoms with Crippen molar-refractivity contribution in [3.63, 3.8) is 0 Å². The first-order valence-electron chi connectivity index (χ1n) is 9.55. The maximum atomic E-state index is 11.8. The number of rotatable bonds is 4. The molecule has 0 radical (unpaired) electrons. The Kier molecular flexibility index (Phi) is 10.2. The van der Waals surface area contributed by atoms with Gasteiger partial charge >= 0.3 is 24.3 Å². The highest BCUT2D eigenvalue weighted by Crippen LogP contribution is 2.14. The third kappa shape index (κ3) is 10.4. The highest BCUT2D eigenvalue weighted by molar-refractivity contribution is 5.77. The number of nitrogens with zero attached hydrogens (tertiary/aromatic N) is 6. The summed E-state index contributed by atoms with van der Waals surface area (Å²) in [6.07, 6.45) is -4.38. The zero-order chi connectivity index (χ0) is 27.0. The maximum absolute atomic E-state index is 11.8. The van der Waals surface area contributed by atoms with Gasteiger partial charge in [-0.2, -0.15) is 31.4 Å². The number of likely N-dealkylation sites (N-methyl/N-ethyl adjacent to an activating group) is 1. The van der Waals surface area contributed by atoms with Gasteiger partial charge in [-0.1, -0.05) is 0 Å². The van der Waals surface area contributed by atoms with Gasteiger partial charge in [-0.25, -0.2) is 14.6 Å². The number of fused-ring (bicyclic) bond motifs is 1. The first-order valence-corrected chi connectivity index (χ1v) is 9.55. The van der Waals surface area contributed by atoms with Gasteiger partial charge in [0.2, 0.25) is 5.91 Å². The van der Waals surface area contributed by atoms with Gasteiger partial charge in [-0.15, -0.1) is 0 Å². The summed E-state index contributed by atoms with van der Waals surface area (Å²) < 4.78 is 67.5. The van der Waals surface area contributed by atoms with Gasteiger partial charge < -0.3 is 19.7 Å². The normalized spacial score (nSPS) is 13.5. The molecule has 0 atom stereocenters. The summed E-state index contributed by atoms with van der Waals surface area (Å²) in [4.78, 5) is 38.0. The van der Waals surface area contributed by atoms with E-state index in [1.54, 1.807) is 25.2 Å². The summed E-state index contributed by atoms with van der Waals surface area (Å²) in [6, 6.07) is 1.91. The highest BCUT2D eigenvalue weighted by atomic mass is 19.4. The highest BCUT2D eigenvalue weighted by Gasteiger charge is 2.38. The molecule has 2 N–H and O–H groups in total. The monoisotopic (exact) mass is 516 g/mol. The van der Waals surface area contributed by atoms with Crippen molar-refractivity contribution in [3.05, 3.63) is 36.2 Å². The third-order valence-corrected chi connectivity index (χ3v) is 4.16. The van der Waals surface area contributed by atoms with Crippen molar-refractivity contribution in [2.24, 2.45) is 0 Å². The van der Waals surface area contributed by atoms with Crippen LogP contribution in [0.3, 0.4) is 0 Å². The van der Waals surface area contributed by atoms with E-state index in [0.717, 1.165) is 31.2 Å². The molecule has 0 fully saturated rings. The van der Waals surface area contributed by atoms with Gasteiger partial charge in [-0.05, 0) is 6.07 Å². The molecule has 0 spiro atoms. The number of aliphatic carboxylic acids is 2. The second kappa shape index (κ2) is 12.2. The maximum Gasteiger partial charge on any atom is 0.490 e. The van der Waals surface area contributed by atoms with E-state index in [0.29, 0.717) is 13.1 Å². The molecule has 1 amide bonds. The van der Waals surface area contributed by atoms with Crippen molar-refractivity contribution in [2.45, 2.75) is 32.0 Å². The van der Waals surface area contributed by atoms with Crippen LogP contribution in [0.2, 0.25) is 0 Å². The molecular formula is C18H22F6N6O5. The van der Waals surface area contributed by atoms with E-state index in [1.165, 1.54) is 0 Å². The molecule has 2 aromatic heterocycles. The summed E-state index contributed by atoms with van der Waals surface area (Å²) in [7, 11) is 3.57. The van der Waals surface area contributed by atoms with Crippen LogP contribution >= 0.6 is 0 Å². The predicted molar refractivity (Wildman–Crippen MR) is 105 cm³/mol. The lowest BCUT2D eigenvalue weighted by Crippen LogP contribution is -2.40. The van der Waals surface area contributed by atoms with Crippen molar-refractivity contribution >= 4 is 17.8 Å². The van der Waals surface area contributed by atoms with E-state index in [-0.39, 0.29) is 5.91 Å². The fourth-order valence-corrected chi connectivity index (χ4v) is 2.47. The largest absolute Gasteiger partial charge is 0.490 e. The molecule has 35 heavy (non-hydrogen) atoms. The van der Waals surface area contributed by atoms with E-state index < -0.39 is 24.3 Å². The molecule has 11 nitrogen and oxygen atoms in total. The summed E-state index contributed by atoms with van der Waals surface area (Å²) in [5, 5.41) is 18.4. The molecule has 0 bridgehead atoms. The number of carbonyl (C=O) groups is 3. The molecule has 17 heteroatoms. The van der Waals surface area contributed by atoms with E-state index in [2.05, 4.69) is 25.7 Å². The molecule has 0 saturated heterocycles. The summed E-state index contributed by atoms with van der Waals surface area (Å²) in [6.45, 7) is 3.61. The molecule has 0 saturated carbocycles. The Bertz CT molecular complexity index is 963. The second-order valence-corrected chi connectivity index (χ2v) is 7.15. The average molecular weight is 516 g/mol. The Hall–Kier alpha value is -3.63. The average Bonchev–Trinajstić information content (AvgIpc) is 3.36. The number of aromatic nitrogens is 4. The van der Waals surface area contributed by atoms with Gasteiger partial charge in [0.15, 0.2) is 0 Å². The Morgan fingerprint density at radius 1 is 1.03 bits per heavy atom. The predicted octanol–water partition coefficient (Wildman–Crippen LogP) is 1.30. The molecule has 0 unspecified atom stereocenters. The van der Waals surface area contributed by atoms with E-state index in [4.69, 9.17) is 19.8 Å².